The number of Topliss-reactive ketones (excluding diaryl/α,β-unsaturated/α-hetero) is 1. The monoisotopic (exact) mass is 425 g/mol. The number of anilines is 1. The average Bonchev–Trinajstić information content (AvgIpc) is 3.16. The van der Waals surface area contributed by atoms with E-state index in [1.807, 2.05) is 0 Å². The molecule has 1 atom stereocenters. The van der Waals surface area contributed by atoms with Crippen LogP contribution in [-0.4, -0.2) is 54.6 Å². The minimum absolute atomic E-state index is 0.0581. The first-order valence-corrected chi connectivity index (χ1v) is 9.73. The zero-order chi connectivity index (χ0) is 22.4. The highest BCUT2D eigenvalue weighted by molar-refractivity contribution is 6.00. The zero-order valence-corrected chi connectivity index (χ0v) is 17.0. The fourth-order valence-electron chi connectivity index (χ4n) is 3.03. The molecule has 9 nitrogen and oxygen atoms in total. The lowest BCUT2D eigenvalue weighted by molar-refractivity contribution is -0.135. The maximum Gasteiger partial charge on any atom is 0.414 e. The molecule has 2 aromatic rings. The van der Waals surface area contributed by atoms with E-state index in [1.54, 1.807) is 55.5 Å². The van der Waals surface area contributed by atoms with E-state index >= 15 is 0 Å². The Balaban J connectivity index is 1.61. The predicted molar refractivity (Wildman–Crippen MR) is 114 cm³/mol. The Bertz CT molecular complexity index is 1000. The summed E-state index contributed by atoms with van der Waals surface area (Å²) in [5.41, 5.74) is 7.52. The van der Waals surface area contributed by atoms with Crippen LogP contribution >= 0.6 is 0 Å². The molecule has 1 amide bonds. The second-order valence-corrected chi connectivity index (χ2v) is 6.87. The van der Waals surface area contributed by atoms with Crippen LogP contribution in [0.4, 0.5) is 10.5 Å². The van der Waals surface area contributed by atoms with Crippen molar-refractivity contribution in [3.8, 4) is 5.75 Å². The number of carboxylic acids is 1. The van der Waals surface area contributed by atoms with Gasteiger partial charge in [0, 0.05) is 23.2 Å². The molecule has 31 heavy (non-hydrogen) atoms. The largest absolute Gasteiger partial charge is 0.490 e. The molecular weight excluding hydrogens is 402 g/mol. The van der Waals surface area contributed by atoms with Crippen molar-refractivity contribution in [2.75, 3.05) is 24.6 Å². The Hall–Kier alpha value is -3.88. The van der Waals surface area contributed by atoms with E-state index in [9.17, 15) is 14.4 Å². The first-order valence-electron chi connectivity index (χ1n) is 9.73. The quantitative estimate of drug-likeness (QED) is 0.358. The van der Waals surface area contributed by atoms with E-state index in [1.165, 1.54) is 4.90 Å². The van der Waals surface area contributed by atoms with Gasteiger partial charge in [0.2, 0.25) is 0 Å². The van der Waals surface area contributed by atoms with Crippen molar-refractivity contribution in [2.45, 2.75) is 19.4 Å². The van der Waals surface area contributed by atoms with Crippen LogP contribution in [0.25, 0.3) is 0 Å². The first-order chi connectivity index (χ1) is 14.9. The molecule has 9 heteroatoms. The number of amidine groups is 1. The Morgan fingerprint density at radius 3 is 2.65 bits per heavy atom. The number of cyclic esters (lactones) is 1. The highest BCUT2D eigenvalue weighted by Crippen LogP contribution is 2.23. The number of aliphatic carboxylic acids is 1. The lowest BCUT2D eigenvalue weighted by Gasteiger charge is -2.14. The van der Waals surface area contributed by atoms with E-state index in [4.69, 9.17) is 20.3 Å². The maximum atomic E-state index is 12.3. The minimum Gasteiger partial charge on any atom is -0.490 e. The van der Waals surface area contributed by atoms with Crippen molar-refractivity contribution in [3.05, 3.63) is 59.7 Å². The van der Waals surface area contributed by atoms with Gasteiger partial charge in [-0.3, -0.25) is 19.5 Å². The number of carbonyl (C=O) groups is 3. The summed E-state index contributed by atoms with van der Waals surface area (Å²) >= 11 is 0. The summed E-state index contributed by atoms with van der Waals surface area (Å²) in [7, 11) is 0. The number of nitrogens with zero attached hydrogens (tertiary/aromatic N) is 2. The number of benzene rings is 2. The summed E-state index contributed by atoms with van der Waals surface area (Å²) in [6.45, 7) is 1.81. The lowest BCUT2D eigenvalue weighted by atomic mass is 10.1. The summed E-state index contributed by atoms with van der Waals surface area (Å²) in [5, 5.41) is 8.72. The van der Waals surface area contributed by atoms with Crippen molar-refractivity contribution >= 4 is 29.4 Å². The van der Waals surface area contributed by atoms with Crippen LogP contribution in [0.3, 0.4) is 0 Å². The van der Waals surface area contributed by atoms with Gasteiger partial charge in [0.1, 0.15) is 24.7 Å². The van der Waals surface area contributed by atoms with E-state index in [2.05, 4.69) is 4.99 Å². The molecule has 0 aromatic heterocycles. The van der Waals surface area contributed by atoms with Gasteiger partial charge >= 0.3 is 12.1 Å². The van der Waals surface area contributed by atoms with Crippen LogP contribution < -0.4 is 15.4 Å². The third kappa shape index (κ3) is 5.59. The van der Waals surface area contributed by atoms with E-state index in [0.717, 1.165) is 0 Å². The van der Waals surface area contributed by atoms with Crippen molar-refractivity contribution in [1.82, 2.24) is 0 Å². The number of hydrogen-bond donors (Lipinski definition) is 2. The highest BCUT2D eigenvalue weighted by atomic mass is 16.6. The van der Waals surface area contributed by atoms with Crippen molar-refractivity contribution in [2.24, 2.45) is 10.7 Å². The van der Waals surface area contributed by atoms with Gasteiger partial charge in [-0.05, 0) is 36.4 Å². The summed E-state index contributed by atoms with van der Waals surface area (Å²) < 4.78 is 11.1. The van der Waals surface area contributed by atoms with Gasteiger partial charge in [0.25, 0.3) is 0 Å². The second-order valence-electron chi connectivity index (χ2n) is 6.87. The number of carbonyl (C=O) groups excluding carboxylic acids is 2. The van der Waals surface area contributed by atoms with Gasteiger partial charge in [0.05, 0.1) is 6.54 Å². The molecule has 0 spiro atoms. The zero-order valence-electron chi connectivity index (χ0n) is 17.0. The molecule has 3 rings (SSSR count). The van der Waals surface area contributed by atoms with E-state index in [-0.39, 0.29) is 24.8 Å². The molecule has 0 saturated carbocycles. The van der Waals surface area contributed by atoms with E-state index in [0.29, 0.717) is 29.0 Å². The molecule has 2 aromatic carbocycles. The summed E-state index contributed by atoms with van der Waals surface area (Å²) in [5.74, 6) is -0.382. The maximum absolute atomic E-state index is 12.3. The Labute approximate surface area is 179 Å². The Morgan fingerprint density at radius 1 is 1.23 bits per heavy atom. The molecule has 1 heterocycles. The number of carboxylic acid groups (broad SMARTS) is 1. The van der Waals surface area contributed by atoms with Crippen molar-refractivity contribution in [1.29, 1.82) is 0 Å². The van der Waals surface area contributed by atoms with Gasteiger partial charge < -0.3 is 20.3 Å². The normalized spacial score (nSPS) is 16.2. The smallest absolute Gasteiger partial charge is 0.414 e. The molecule has 0 aliphatic carbocycles. The summed E-state index contributed by atoms with van der Waals surface area (Å²) in [4.78, 5) is 39.9. The molecular formula is C22H23N3O6. The molecule has 0 radical (unpaired) electrons. The third-order valence-corrected chi connectivity index (χ3v) is 4.65. The Morgan fingerprint density at radius 2 is 1.97 bits per heavy atom. The second kappa shape index (κ2) is 9.75. The van der Waals surface area contributed by atoms with Crippen molar-refractivity contribution in [3.63, 3.8) is 0 Å². The van der Waals surface area contributed by atoms with Crippen LogP contribution in [-0.2, 0) is 9.53 Å². The number of amides is 1. The molecule has 1 saturated heterocycles. The number of nitrogens with two attached hydrogens (primary N) is 1. The van der Waals surface area contributed by atoms with Crippen LogP contribution in [0.5, 0.6) is 5.75 Å². The van der Waals surface area contributed by atoms with Crippen LogP contribution in [0.1, 0.15) is 29.3 Å². The van der Waals surface area contributed by atoms with Crippen molar-refractivity contribution < 1.29 is 29.0 Å². The number of hydrogen-bond acceptors (Lipinski definition) is 6. The lowest BCUT2D eigenvalue weighted by Crippen LogP contribution is -2.27. The topological polar surface area (TPSA) is 132 Å². The van der Waals surface area contributed by atoms with Crippen LogP contribution in [0, 0.1) is 0 Å². The predicted octanol–water partition coefficient (Wildman–Crippen LogP) is 2.47. The molecule has 3 N–H and O–H groups in total. The van der Waals surface area contributed by atoms with Crippen LogP contribution in [0.15, 0.2) is 53.5 Å². The molecule has 1 aliphatic heterocycles. The summed E-state index contributed by atoms with van der Waals surface area (Å²) in [6.07, 6.45) is -0.561. The minimum atomic E-state index is -1.09. The average molecular weight is 425 g/mol. The Kier molecular flexibility index (Phi) is 6.86. The highest BCUT2D eigenvalue weighted by Gasteiger charge is 2.33. The molecule has 1 fully saturated rings. The number of rotatable bonds is 9. The SMILES string of the molecule is CCC(=O)c1ccc(OCC2CN(c3cccc(C(N)=NCC(=O)O)c3)C(=O)O2)cc1. The standard InChI is InChI=1S/C22H23N3O6/c1-2-19(26)14-6-8-17(9-7-14)30-13-18-12-25(22(29)31-18)16-5-3-4-15(10-16)21(23)24-11-20(27)28/h3-10,18H,2,11-13H2,1H3,(H2,23,24)(H,27,28). The number of ketones is 1. The van der Waals surface area contributed by atoms with Gasteiger partial charge in [-0.2, -0.15) is 0 Å². The fraction of sp³-hybridized carbons (Fsp3) is 0.273. The van der Waals surface area contributed by atoms with Gasteiger partial charge in [-0.15, -0.1) is 0 Å². The molecule has 1 unspecified atom stereocenters. The fourth-order valence-corrected chi connectivity index (χ4v) is 3.03. The number of ether oxygens (including phenoxy) is 2. The van der Waals surface area contributed by atoms with Crippen LogP contribution in [0.2, 0.25) is 0 Å². The molecule has 162 valence electrons. The molecule has 1 aliphatic rings. The third-order valence-electron chi connectivity index (χ3n) is 4.65. The van der Waals surface area contributed by atoms with Gasteiger partial charge in [-0.25, -0.2) is 4.79 Å². The number of aliphatic imine (C=N–C) groups is 1. The van der Waals surface area contributed by atoms with E-state index < -0.39 is 24.7 Å². The summed E-state index contributed by atoms with van der Waals surface area (Å²) in [6, 6.07) is 13.6. The van der Waals surface area contributed by atoms with Gasteiger partial charge in [-0.1, -0.05) is 19.1 Å². The first kappa shape index (κ1) is 21.8. The van der Waals surface area contributed by atoms with Gasteiger partial charge in [0.15, 0.2) is 11.9 Å². The molecule has 0 bridgehead atoms.